The third-order valence-electron chi connectivity index (χ3n) is 4.93. The fourth-order valence-corrected chi connectivity index (χ4v) is 3.28. The van der Waals surface area contributed by atoms with Crippen LogP contribution in [0.5, 0.6) is 0 Å². The average molecular weight is 444 g/mol. The zero-order valence-corrected chi connectivity index (χ0v) is 18.2. The van der Waals surface area contributed by atoms with Gasteiger partial charge in [0.05, 0.1) is 30.9 Å². The van der Waals surface area contributed by atoms with Gasteiger partial charge in [-0.3, -0.25) is 4.79 Å². The molecule has 1 unspecified atom stereocenters. The zero-order chi connectivity index (χ0) is 22.4. The molecule has 164 valence electrons. The van der Waals surface area contributed by atoms with E-state index in [2.05, 4.69) is 20.6 Å². The standard InChI is InChI=1S/C22H26ClN5O3/c1-3-18(12-29)25-22-24-10-14(2)20(27-22)28-8-7-16(11-28)21(31)26-19(13-30)15-5-4-6-17(23)9-15/h4-11,18-19,29-30H,3,12-13H2,1-2H3,(H,26,31)(H,24,25,27)/t18?,19-/m1/s1. The first-order chi connectivity index (χ1) is 14.9. The molecule has 9 heteroatoms. The van der Waals surface area contributed by atoms with E-state index in [0.29, 0.717) is 22.4 Å². The molecule has 31 heavy (non-hydrogen) atoms. The number of aliphatic hydroxyl groups excluding tert-OH is 2. The fraction of sp³-hybridized carbons (Fsp3) is 0.318. The molecule has 0 saturated carbocycles. The third kappa shape index (κ3) is 5.61. The highest BCUT2D eigenvalue weighted by Gasteiger charge is 2.17. The Kier molecular flexibility index (Phi) is 7.62. The van der Waals surface area contributed by atoms with E-state index in [-0.39, 0.29) is 25.2 Å². The van der Waals surface area contributed by atoms with Gasteiger partial charge in [0.15, 0.2) is 0 Å². The van der Waals surface area contributed by atoms with Gasteiger partial charge in [-0.2, -0.15) is 4.98 Å². The van der Waals surface area contributed by atoms with Crippen molar-refractivity contribution < 1.29 is 15.0 Å². The van der Waals surface area contributed by atoms with E-state index in [9.17, 15) is 15.0 Å². The van der Waals surface area contributed by atoms with E-state index in [0.717, 1.165) is 17.5 Å². The summed E-state index contributed by atoms with van der Waals surface area (Å²) in [4.78, 5) is 21.5. The second-order valence-electron chi connectivity index (χ2n) is 7.20. The van der Waals surface area contributed by atoms with Gasteiger partial charge in [-0.15, -0.1) is 0 Å². The van der Waals surface area contributed by atoms with Crippen molar-refractivity contribution in [2.24, 2.45) is 0 Å². The van der Waals surface area contributed by atoms with Gasteiger partial charge in [0.2, 0.25) is 5.95 Å². The topological polar surface area (TPSA) is 112 Å². The Labute approximate surface area is 185 Å². The lowest BCUT2D eigenvalue weighted by molar-refractivity contribution is 0.0916. The monoisotopic (exact) mass is 443 g/mol. The molecule has 4 N–H and O–H groups in total. The van der Waals surface area contributed by atoms with E-state index in [4.69, 9.17) is 11.6 Å². The summed E-state index contributed by atoms with van der Waals surface area (Å²) in [5, 5.41) is 25.6. The summed E-state index contributed by atoms with van der Waals surface area (Å²) in [6.07, 6.45) is 5.83. The number of nitrogens with one attached hydrogen (secondary N) is 2. The molecule has 3 rings (SSSR count). The molecule has 2 atom stereocenters. The van der Waals surface area contributed by atoms with Gasteiger partial charge in [0, 0.05) is 29.2 Å². The molecule has 0 radical (unpaired) electrons. The van der Waals surface area contributed by atoms with Crippen LogP contribution < -0.4 is 10.6 Å². The molecule has 0 bridgehead atoms. The Hall–Kier alpha value is -2.94. The summed E-state index contributed by atoms with van der Waals surface area (Å²) < 4.78 is 1.74. The minimum atomic E-state index is -0.574. The minimum absolute atomic E-state index is 0.0183. The Morgan fingerprint density at radius 2 is 2.06 bits per heavy atom. The van der Waals surface area contributed by atoms with Crippen LogP contribution in [0.1, 0.15) is 40.9 Å². The number of nitrogens with zero attached hydrogens (tertiary/aromatic N) is 3. The summed E-state index contributed by atoms with van der Waals surface area (Å²) in [5.74, 6) is 0.703. The molecule has 1 aromatic carbocycles. The van der Waals surface area contributed by atoms with E-state index in [1.807, 2.05) is 13.8 Å². The molecule has 0 fully saturated rings. The van der Waals surface area contributed by atoms with E-state index >= 15 is 0 Å². The molecular weight excluding hydrogens is 418 g/mol. The SMILES string of the molecule is CCC(CO)Nc1ncc(C)c(-n2ccc(C(=O)N[C@H](CO)c3cccc(Cl)c3)c2)n1. The van der Waals surface area contributed by atoms with Crippen LogP contribution in [0.2, 0.25) is 5.02 Å². The van der Waals surface area contributed by atoms with Crippen molar-refractivity contribution in [3.05, 3.63) is 70.6 Å². The number of amides is 1. The third-order valence-corrected chi connectivity index (χ3v) is 5.17. The molecule has 2 heterocycles. The van der Waals surface area contributed by atoms with E-state index in [1.54, 1.807) is 53.5 Å². The molecule has 0 saturated heterocycles. The minimum Gasteiger partial charge on any atom is -0.394 e. The van der Waals surface area contributed by atoms with E-state index in [1.165, 1.54) is 0 Å². The van der Waals surface area contributed by atoms with Crippen LogP contribution in [0.25, 0.3) is 5.82 Å². The van der Waals surface area contributed by atoms with Crippen LogP contribution in [-0.2, 0) is 0 Å². The van der Waals surface area contributed by atoms with Crippen LogP contribution in [0.4, 0.5) is 5.95 Å². The van der Waals surface area contributed by atoms with Gasteiger partial charge < -0.3 is 25.4 Å². The first kappa shape index (κ1) is 22.7. The molecule has 0 aliphatic heterocycles. The molecular formula is C22H26ClN5O3. The number of benzene rings is 1. The molecule has 3 aromatic rings. The number of hydrogen-bond acceptors (Lipinski definition) is 6. The van der Waals surface area contributed by atoms with Crippen molar-refractivity contribution in [2.45, 2.75) is 32.4 Å². The predicted octanol–water partition coefficient (Wildman–Crippen LogP) is 2.88. The quantitative estimate of drug-likeness (QED) is 0.404. The summed E-state index contributed by atoms with van der Waals surface area (Å²) >= 11 is 6.02. The summed E-state index contributed by atoms with van der Waals surface area (Å²) in [6, 6.07) is 7.98. The normalized spacial score (nSPS) is 12.9. The van der Waals surface area contributed by atoms with Gasteiger partial charge in [-0.25, -0.2) is 4.98 Å². The molecule has 0 spiro atoms. The number of aryl methyl sites for hydroxylation is 1. The van der Waals surface area contributed by atoms with Gasteiger partial charge in [-0.05, 0) is 37.1 Å². The van der Waals surface area contributed by atoms with Crippen LogP contribution in [0.3, 0.4) is 0 Å². The van der Waals surface area contributed by atoms with Crippen molar-refractivity contribution in [2.75, 3.05) is 18.5 Å². The van der Waals surface area contributed by atoms with Crippen molar-refractivity contribution in [1.82, 2.24) is 19.9 Å². The number of carbonyl (C=O) groups is 1. The number of anilines is 1. The Morgan fingerprint density at radius 3 is 2.74 bits per heavy atom. The number of carbonyl (C=O) groups excluding carboxylic acids is 1. The van der Waals surface area contributed by atoms with Gasteiger partial charge in [0.1, 0.15) is 5.82 Å². The average Bonchev–Trinajstić information content (AvgIpc) is 3.27. The number of rotatable bonds is 9. The Bertz CT molecular complexity index is 1040. The second kappa shape index (κ2) is 10.4. The number of aliphatic hydroxyl groups is 2. The lowest BCUT2D eigenvalue weighted by Crippen LogP contribution is -2.30. The zero-order valence-electron chi connectivity index (χ0n) is 17.4. The van der Waals surface area contributed by atoms with Gasteiger partial charge in [-0.1, -0.05) is 30.7 Å². The molecule has 1 amide bonds. The maximum Gasteiger partial charge on any atom is 0.253 e. The molecule has 8 nitrogen and oxygen atoms in total. The van der Waals surface area contributed by atoms with Crippen LogP contribution in [0, 0.1) is 6.92 Å². The highest BCUT2D eigenvalue weighted by Crippen LogP contribution is 2.19. The van der Waals surface area contributed by atoms with Crippen molar-refractivity contribution in [1.29, 1.82) is 0 Å². The predicted molar refractivity (Wildman–Crippen MR) is 120 cm³/mol. The number of halogens is 1. The maximum atomic E-state index is 12.8. The van der Waals surface area contributed by atoms with Crippen molar-refractivity contribution >= 4 is 23.5 Å². The largest absolute Gasteiger partial charge is 0.394 e. The van der Waals surface area contributed by atoms with Crippen molar-refractivity contribution in [3.63, 3.8) is 0 Å². The summed E-state index contributed by atoms with van der Waals surface area (Å²) in [6.45, 7) is 3.57. The smallest absolute Gasteiger partial charge is 0.253 e. The van der Waals surface area contributed by atoms with E-state index < -0.39 is 6.04 Å². The lowest BCUT2D eigenvalue weighted by atomic mass is 10.1. The lowest BCUT2D eigenvalue weighted by Gasteiger charge is -2.16. The maximum absolute atomic E-state index is 12.8. The van der Waals surface area contributed by atoms with Gasteiger partial charge in [0.25, 0.3) is 5.91 Å². The first-order valence-electron chi connectivity index (χ1n) is 10.0. The Balaban J connectivity index is 1.78. The Morgan fingerprint density at radius 1 is 1.26 bits per heavy atom. The number of aromatic nitrogens is 3. The van der Waals surface area contributed by atoms with Crippen molar-refractivity contribution in [3.8, 4) is 5.82 Å². The summed E-state index contributed by atoms with van der Waals surface area (Å²) in [5.41, 5.74) is 1.98. The van der Waals surface area contributed by atoms with Crippen LogP contribution in [-0.4, -0.2) is 49.9 Å². The fourth-order valence-electron chi connectivity index (χ4n) is 3.09. The highest BCUT2D eigenvalue weighted by molar-refractivity contribution is 6.30. The van der Waals surface area contributed by atoms with Gasteiger partial charge >= 0.3 is 0 Å². The van der Waals surface area contributed by atoms with Crippen LogP contribution in [0.15, 0.2) is 48.9 Å². The van der Waals surface area contributed by atoms with Crippen LogP contribution >= 0.6 is 11.6 Å². The molecule has 2 aromatic heterocycles. The second-order valence-corrected chi connectivity index (χ2v) is 7.64. The summed E-state index contributed by atoms with van der Waals surface area (Å²) in [7, 11) is 0. The number of hydrogen-bond donors (Lipinski definition) is 4. The molecule has 0 aliphatic rings. The highest BCUT2D eigenvalue weighted by atomic mass is 35.5. The first-order valence-corrected chi connectivity index (χ1v) is 10.4. The molecule has 0 aliphatic carbocycles.